The molecule has 0 saturated carbocycles. The first kappa shape index (κ1) is 22.0. The van der Waals surface area contributed by atoms with Crippen molar-refractivity contribution < 1.29 is 14.4 Å². The Kier molecular flexibility index (Phi) is 7.72. The average molecular weight is 482 g/mol. The number of aromatic nitrogens is 1. The number of hydrogen-bond donors (Lipinski definition) is 4. The van der Waals surface area contributed by atoms with Gasteiger partial charge in [0.15, 0.2) is 0 Å². The summed E-state index contributed by atoms with van der Waals surface area (Å²) in [6.45, 7) is 0.167. The summed E-state index contributed by atoms with van der Waals surface area (Å²) < 4.78 is 0.808. The molecule has 0 aliphatic rings. The molecule has 3 aromatic rings. The summed E-state index contributed by atoms with van der Waals surface area (Å²) in [5.74, 6) is -0.209. The number of benzene rings is 2. The number of halogens is 1. The van der Waals surface area contributed by atoms with Crippen LogP contribution in [-0.2, 0) is 4.79 Å². The van der Waals surface area contributed by atoms with Crippen molar-refractivity contribution in [1.82, 2.24) is 10.3 Å². The van der Waals surface area contributed by atoms with Crippen LogP contribution in [-0.4, -0.2) is 29.4 Å². The van der Waals surface area contributed by atoms with Crippen LogP contribution in [0.25, 0.3) is 0 Å². The average Bonchev–Trinajstić information content (AvgIpc) is 2.76. The van der Waals surface area contributed by atoms with Gasteiger partial charge in [0, 0.05) is 40.6 Å². The highest BCUT2D eigenvalue weighted by Gasteiger charge is 2.10. The number of amides is 4. The van der Waals surface area contributed by atoms with E-state index >= 15 is 0 Å². The molecular weight excluding hydrogens is 462 g/mol. The number of anilines is 3. The summed E-state index contributed by atoms with van der Waals surface area (Å²) >= 11 is 3.29. The van der Waals surface area contributed by atoms with Gasteiger partial charge in [-0.25, -0.2) is 9.78 Å². The third-order valence-electron chi connectivity index (χ3n) is 4.05. The molecule has 0 fully saturated rings. The van der Waals surface area contributed by atoms with Gasteiger partial charge in [0.05, 0.1) is 0 Å². The van der Waals surface area contributed by atoms with Crippen molar-refractivity contribution in [3.8, 4) is 0 Å². The highest BCUT2D eigenvalue weighted by atomic mass is 79.9. The molecule has 3 rings (SSSR count). The van der Waals surface area contributed by atoms with Gasteiger partial charge in [-0.05, 0) is 58.4 Å². The fourth-order valence-corrected chi connectivity index (χ4v) is 2.82. The summed E-state index contributed by atoms with van der Waals surface area (Å²) in [4.78, 5) is 40.5. The number of carbonyl (C=O) groups is 3. The second-order valence-corrected chi connectivity index (χ2v) is 7.36. The molecule has 0 saturated heterocycles. The Morgan fingerprint density at radius 2 is 1.61 bits per heavy atom. The third-order valence-corrected chi connectivity index (χ3v) is 4.52. The van der Waals surface area contributed by atoms with Crippen LogP contribution in [0.15, 0.2) is 77.4 Å². The van der Waals surface area contributed by atoms with Crippen molar-refractivity contribution in [2.45, 2.75) is 6.42 Å². The number of hydrogen-bond acceptors (Lipinski definition) is 4. The number of urea groups is 1. The summed E-state index contributed by atoms with van der Waals surface area (Å²) in [6.07, 6.45) is 1.67. The van der Waals surface area contributed by atoms with Crippen LogP contribution in [0.1, 0.15) is 16.8 Å². The molecule has 0 bridgehead atoms. The van der Waals surface area contributed by atoms with Crippen molar-refractivity contribution in [2.24, 2.45) is 0 Å². The van der Waals surface area contributed by atoms with Gasteiger partial charge in [0.25, 0.3) is 5.91 Å². The summed E-state index contributed by atoms with van der Waals surface area (Å²) in [5, 5.41) is 10.7. The molecule has 0 radical (unpaired) electrons. The molecule has 4 amide bonds. The quantitative estimate of drug-likeness (QED) is 0.404. The Morgan fingerprint density at radius 1 is 0.839 bits per heavy atom. The first-order valence-electron chi connectivity index (χ1n) is 9.42. The highest BCUT2D eigenvalue weighted by Crippen LogP contribution is 2.14. The zero-order chi connectivity index (χ0) is 22.1. The van der Waals surface area contributed by atoms with Crippen molar-refractivity contribution in [2.75, 3.05) is 22.5 Å². The molecule has 1 heterocycles. The Labute approximate surface area is 187 Å². The van der Waals surface area contributed by atoms with Crippen molar-refractivity contribution >= 4 is 51.0 Å². The molecule has 0 spiro atoms. The number of rotatable bonds is 7. The lowest BCUT2D eigenvalue weighted by Crippen LogP contribution is -2.31. The van der Waals surface area contributed by atoms with E-state index in [4.69, 9.17) is 0 Å². The number of nitrogens with one attached hydrogen (secondary N) is 4. The lowest BCUT2D eigenvalue weighted by atomic mass is 10.2. The van der Waals surface area contributed by atoms with Crippen molar-refractivity contribution in [3.05, 3.63) is 83.0 Å². The SMILES string of the molecule is O=C(CCNC(=O)Nc1ccccc1)Nc1cccc(C(=O)Nc2ccc(Br)cn2)c1. The van der Waals surface area contributed by atoms with E-state index in [-0.39, 0.29) is 30.8 Å². The van der Waals surface area contributed by atoms with Crippen molar-refractivity contribution in [1.29, 1.82) is 0 Å². The fraction of sp³-hybridized carbons (Fsp3) is 0.0909. The molecule has 1 aromatic heterocycles. The number of nitrogens with zero attached hydrogens (tertiary/aromatic N) is 1. The zero-order valence-corrected chi connectivity index (χ0v) is 18.0. The monoisotopic (exact) mass is 481 g/mol. The minimum absolute atomic E-state index is 0.0848. The molecule has 4 N–H and O–H groups in total. The summed E-state index contributed by atoms with van der Waals surface area (Å²) in [7, 11) is 0. The van der Waals surface area contributed by atoms with Gasteiger partial charge in [-0.15, -0.1) is 0 Å². The molecule has 158 valence electrons. The van der Waals surface area contributed by atoms with Gasteiger partial charge in [0.1, 0.15) is 5.82 Å². The molecule has 0 atom stereocenters. The number of carbonyl (C=O) groups excluding carboxylic acids is 3. The van der Waals surface area contributed by atoms with E-state index in [9.17, 15) is 14.4 Å². The van der Waals surface area contributed by atoms with E-state index in [1.165, 1.54) is 0 Å². The van der Waals surface area contributed by atoms with E-state index in [1.54, 1.807) is 54.7 Å². The zero-order valence-electron chi connectivity index (χ0n) is 16.4. The predicted octanol–water partition coefficient (Wildman–Crippen LogP) is 4.25. The molecule has 9 heteroatoms. The van der Waals surface area contributed by atoms with Gasteiger partial charge in [-0.3, -0.25) is 9.59 Å². The van der Waals surface area contributed by atoms with Gasteiger partial charge >= 0.3 is 6.03 Å². The summed E-state index contributed by atoms with van der Waals surface area (Å²) in [5.41, 5.74) is 1.52. The first-order valence-corrected chi connectivity index (χ1v) is 10.2. The Hall–Kier alpha value is -3.72. The Balaban J connectivity index is 1.46. The Morgan fingerprint density at radius 3 is 2.35 bits per heavy atom. The van der Waals surface area contributed by atoms with E-state index in [1.807, 2.05) is 18.2 Å². The van der Waals surface area contributed by atoms with E-state index in [0.717, 1.165) is 4.47 Å². The highest BCUT2D eigenvalue weighted by molar-refractivity contribution is 9.10. The van der Waals surface area contributed by atoms with Gasteiger partial charge < -0.3 is 21.3 Å². The fourth-order valence-electron chi connectivity index (χ4n) is 2.59. The van der Waals surface area contributed by atoms with Crippen LogP contribution < -0.4 is 21.3 Å². The summed E-state index contributed by atoms with van der Waals surface area (Å²) in [6, 6.07) is 18.6. The second-order valence-electron chi connectivity index (χ2n) is 6.44. The molecule has 2 aromatic carbocycles. The van der Waals surface area contributed by atoms with Crippen LogP contribution in [0.3, 0.4) is 0 Å². The molecule has 31 heavy (non-hydrogen) atoms. The number of pyridine rings is 1. The minimum atomic E-state index is -0.390. The first-order chi connectivity index (χ1) is 15.0. The molecule has 0 aliphatic heterocycles. The van der Waals surface area contributed by atoms with Gasteiger partial charge in [-0.2, -0.15) is 0 Å². The van der Waals surface area contributed by atoms with E-state index < -0.39 is 0 Å². The maximum atomic E-state index is 12.4. The molecule has 0 aliphatic carbocycles. The van der Waals surface area contributed by atoms with Crippen LogP contribution in [0, 0.1) is 0 Å². The van der Waals surface area contributed by atoms with Gasteiger partial charge in [-0.1, -0.05) is 24.3 Å². The van der Waals surface area contributed by atoms with E-state index in [2.05, 4.69) is 42.2 Å². The van der Waals surface area contributed by atoms with Crippen LogP contribution >= 0.6 is 15.9 Å². The second kappa shape index (κ2) is 10.9. The topological polar surface area (TPSA) is 112 Å². The third kappa shape index (κ3) is 7.23. The van der Waals surface area contributed by atoms with Gasteiger partial charge in [0.2, 0.25) is 5.91 Å². The molecule has 8 nitrogen and oxygen atoms in total. The van der Waals surface area contributed by atoms with Crippen molar-refractivity contribution in [3.63, 3.8) is 0 Å². The maximum absolute atomic E-state index is 12.4. The maximum Gasteiger partial charge on any atom is 0.319 e. The lowest BCUT2D eigenvalue weighted by Gasteiger charge is -2.09. The number of para-hydroxylation sites is 1. The standard InChI is InChI=1S/C22H20BrN5O3/c23-16-9-10-19(25-14-16)28-21(30)15-5-4-8-18(13-15)26-20(29)11-12-24-22(31)27-17-6-2-1-3-7-17/h1-10,13-14H,11-12H2,(H,26,29)(H2,24,27,31)(H,25,28,30). The Bertz CT molecular complexity index is 1060. The normalized spacial score (nSPS) is 10.1. The molecule has 0 unspecified atom stereocenters. The van der Waals surface area contributed by atoms with E-state index in [0.29, 0.717) is 22.8 Å². The minimum Gasteiger partial charge on any atom is -0.337 e. The molecular formula is C22H20BrN5O3. The van der Waals surface area contributed by atoms with Crippen LogP contribution in [0.5, 0.6) is 0 Å². The van der Waals surface area contributed by atoms with Crippen LogP contribution in [0.2, 0.25) is 0 Å². The van der Waals surface area contributed by atoms with Crippen LogP contribution in [0.4, 0.5) is 22.0 Å². The lowest BCUT2D eigenvalue weighted by molar-refractivity contribution is -0.116. The largest absolute Gasteiger partial charge is 0.337 e. The predicted molar refractivity (Wildman–Crippen MR) is 123 cm³/mol. The smallest absolute Gasteiger partial charge is 0.319 e.